The first-order valence-electron chi connectivity index (χ1n) is 9.64. The average Bonchev–Trinajstić information content (AvgIpc) is 3.16. The van der Waals surface area contributed by atoms with Crippen molar-refractivity contribution in [3.05, 3.63) is 59.7 Å². The Hall–Kier alpha value is -3.22. The minimum atomic E-state index is -0.0603. The summed E-state index contributed by atoms with van der Waals surface area (Å²) in [6.07, 6.45) is 1.50. The van der Waals surface area contributed by atoms with E-state index in [1.165, 1.54) is 0 Å². The normalized spacial score (nSPS) is 15.0. The van der Waals surface area contributed by atoms with Gasteiger partial charge < -0.3 is 10.2 Å². The Morgan fingerprint density at radius 3 is 2.54 bits per heavy atom. The molecule has 2 aromatic carbocycles. The van der Waals surface area contributed by atoms with Gasteiger partial charge >= 0.3 is 0 Å². The minimum Gasteiger partial charge on any atom is -0.349 e. The molecule has 3 aromatic rings. The van der Waals surface area contributed by atoms with E-state index in [9.17, 15) is 9.59 Å². The molecule has 1 saturated heterocycles. The zero-order valence-corrected chi connectivity index (χ0v) is 15.8. The third kappa shape index (κ3) is 3.60. The highest BCUT2D eigenvalue weighted by Crippen LogP contribution is 2.18. The largest absolute Gasteiger partial charge is 0.349 e. The number of nitrogens with one attached hydrogen (secondary N) is 1. The highest BCUT2D eigenvalue weighted by Gasteiger charge is 2.25. The average molecular weight is 377 g/mol. The van der Waals surface area contributed by atoms with Crippen LogP contribution in [0.4, 0.5) is 0 Å². The van der Waals surface area contributed by atoms with E-state index in [-0.39, 0.29) is 17.9 Å². The number of hydrogen-bond donors (Lipinski definition) is 1. The van der Waals surface area contributed by atoms with E-state index >= 15 is 0 Å². The van der Waals surface area contributed by atoms with Gasteiger partial charge in [-0.25, -0.2) is 4.68 Å². The Morgan fingerprint density at radius 2 is 1.82 bits per heavy atom. The fourth-order valence-electron chi connectivity index (χ4n) is 3.61. The molecule has 1 aliphatic rings. The summed E-state index contributed by atoms with van der Waals surface area (Å²) < 4.78 is 1.81. The highest BCUT2D eigenvalue weighted by atomic mass is 16.2. The first-order chi connectivity index (χ1) is 13.7. The summed E-state index contributed by atoms with van der Waals surface area (Å²) >= 11 is 0. The number of rotatable bonds is 4. The summed E-state index contributed by atoms with van der Waals surface area (Å²) in [5.41, 5.74) is 2.95. The van der Waals surface area contributed by atoms with Gasteiger partial charge in [-0.15, -0.1) is 5.10 Å². The molecule has 1 N–H and O–H groups in total. The van der Waals surface area contributed by atoms with Crippen LogP contribution in [0.2, 0.25) is 0 Å². The summed E-state index contributed by atoms with van der Waals surface area (Å²) in [6, 6.07) is 14.8. The summed E-state index contributed by atoms with van der Waals surface area (Å²) in [5, 5.41) is 11.3. The van der Waals surface area contributed by atoms with Gasteiger partial charge in [0.15, 0.2) is 0 Å². The lowest BCUT2D eigenvalue weighted by molar-refractivity contribution is 0.0698. The van der Waals surface area contributed by atoms with Crippen LogP contribution in [0.15, 0.2) is 48.5 Å². The SMILES string of the molecule is CCn1nnc2cc(C(=O)N3CCC(NC(=O)c4ccccc4)CC3)ccc21. The molecule has 0 bridgehead atoms. The van der Waals surface area contributed by atoms with Crippen molar-refractivity contribution in [1.29, 1.82) is 0 Å². The number of aryl methyl sites for hydroxylation is 1. The van der Waals surface area contributed by atoms with Crippen LogP contribution in [-0.2, 0) is 6.54 Å². The van der Waals surface area contributed by atoms with Crippen LogP contribution in [0.1, 0.15) is 40.5 Å². The number of benzene rings is 2. The van der Waals surface area contributed by atoms with Crippen LogP contribution in [-0.4, -0.2) is 50.8 Å². The maximum atomic E-state index is 12.9. The van der Waals surface area contributed by atoms with Crippen LogP contribution < -0.4 is 5.32 Å². The summed E-state index contributed by atoms with van der Waals surface area (Å²) in [6.45, 7) is 4.00. The Morgan fingerprint density at radius 1 is 1.07 bits per heavy atom. The van der Waals surface area contributed by atoms with Crippen molar-refractivity contribution in [1.82, 2.24) is 25.2 Å². The van der Waals surface area contributed by atoms with Crippen molar-refractivity contribution in [2.75, 3.05) is 13.1 Å². The van der Waals surface area contributed by atoms with E-state index in [1.807, 2.05) is 46.8 Å². The Labute approximate surface area is 163 Å². The van der Waals surface area contributed by atoms with Gasteiger partial charge in [-0.1, -0.05) is 23.4 Å². The van der Waals surface area contributed by atoms with Crippen LogP contribution in [0.5, 0.6) is 0 Å². The third-order valence-corrected chi connectivity index (χ3v) is 5.21. The molecule has 0 unspecified atom stereocenters. The van der Waals surface area contributed by atoms with Gasteiger partial charge in [0.2, 0.25) is 0 Å². The lowest BCUT2D eigenvalue weighted by Crippen LogP contribution is -2.46. The molecular weight excluding hydrogens is 354 g/mol. The zero-order valence-electron chi connectivity index (χ0n) is 15.8. The predicted molar refractivity (Wildman–Crippen MR) is 106 cm³/mol. The van der Waals surface area contributed by atoms with Crippen molar-refractivity contribution in [3.8, 4) is 0 Å². The summed E-state index contributed by atoms with van der Waals surface area (Å²) in [7, 11) is 0. The third-order valence-electron chi connectivity index (χ3n) is 5.21. The van der Waals surface area contributed by atoms with Crippen molar-refractivity contribution in [2.24, 2.45) is 0 Å². The summed E-state index contributed by atoms with van der Waals surface area (Å²) in [4.78, 5) is 27.0. The lowest BCUT2D eigenvalue weighted by atomic mass is 10.0. The maximum absolute atomic E-state index is 12.9. The fourth-order valence-corrected chi connectivity index (χ4v) is 3.61. The van der Waals surface area contributed by atoms with Gasteiger partial charge in [0.05, 0.1) is 5.52 Å². The molecule has 144 valence electrons. The number of hydrogen-bond acceptors (Lipinski definition) is 4. The smallest absolute Gasteiger partial charge is 0.253 e. The molecule has 0 spiro atoms. The molecule has 7 nitrogen and oxygen atoms in total. The minimum absolute atomic E-state index is 0.000726. The molecule has 0 aliphatic carbocycles. The highest BCUT2D eigenvalue weighted by molar-refractivity contribution is 5.97. The number of fused-ring (bicyclic) bond motifs is 1. The lowest BCUT2D eigenvalue weighted by Gasteiger charge is -2.32. The second kappa shape index (κ2) is 7.80. The van der Waals surface area contributed by atoms with Crippen molar-refractivity contribution < 1.29 is 9.59 Å². The van der Waals surface area contributed by atoms with E-state index in [2.05, 4.69) is 15.6 Å². The van der Waals surface area contributed by atoms with Crippen molar-refractivity contribution in [3.63, 3.8) is 0 Å². The van der Waals surface area contributed by atoms with Crippen LogP contribution in [0, 0.1) is 0 Å². The molecule has 2 amide bonds. The second-order valence-electron chi connectivity index (χ2n) is 7.01. The number of amides is 2. The van der Waals surface area contributed by atoms with Crippen molar-refractivity contribution in [2.45, 2.75) is 32.4 Å². The molecule has 7 heteroatoms. The molecule has 28 heavy (non-hydrogen) atoms. The van der Waals surface area contributed by atoms with Gasteiger partial charge in [-0.3, -0.25) is 9.59 Å². The fraction of sp³-hybridized carbons (Fsp3) is 0.333. The predicted octanol–water partition coefficient (Wildman–Crippen LogP) is 2.49. The number of carbonyl (C=O) groups is 2. The molecule has 1 aromatic heterocycles. The van der Waals surface area contributed by atoms with Gasteiger partial charge in [0.1, 0.15) is 5.52 Å². The molecule has 1 fully saturated rings. The molecule has 0 atom stereocenters. The molecule has 0 radical (unpaired) electrons. The molecule has 1 aliphatic heterocycles. The number of piperidine rings is 1. The van der Waals surface area contributed by atoms with E-state index in [0.717, 1.165) is 30.4 Å². The topological polar surface area (TPSA) is 80.1 Å². The van der Waals surface area contributed by atoms with Gasteiger partial charge in [-0.05, 0) is 50.1 Å². The second-order valence-corrected chi connectivity index (χ2v) is 7.01. The van der Waals surface area contributed by atoms with Crippen LogP contribution >= 0.6 is 0 Å². The van der Waals surface area contributed by atoms with Crippen molar-refractivity contribution >= 4 is 22.8 Å². The first-order valence-corrected chi connectivity index (χ1v) is 9.64. The molecular formula is C21H23N5O2. The zero-order chi connectivity index (χ0) is 19.5. The van der Waals surface area contributed by atoms with E-state index in [1.54, 1.807) is 18.2 Å². The molecule has 4 rings (SSSR count). The number of likely N-dealkylation sites (tertiary alicyclic amines) is 1. The summed E-state index contributed by atoms with van der Waals surface area (Å²) in [5.74, 6) is -0.0596. The van der Waals surface area contributed by atoms with E-state index in [0.29, 0.717) is 24.2 Å². The van der Waals surface area contributed by atoms with E-state index in [4.69, 9.17) is 0 Å². The Bertz CT molecular complexity index is 990. The van der Waals surface area contributed by atoms with Gasteiger partial charge in [-0.2, -0.15) is 0 Å². The quantitative estimate of drug-likeness (QED) is 0.757. The van der Waals surface area contributed by atoms with Crippen LogP contribution in [0.3, 0.4) is 0 Å². The standard InChI is InChI=1S/C21H23N5O2/c1-2-26-19-9-8-16(14-18(19)23-24-26)21(28)25-12-10-17(11-13-25)22-20(27)15-6-4-3-5-7-15/h3-9,14,17H,2,10-13H2,1H3,(H,22,27). The van der Waals surface area contributed by atoms with E-state index < -0.39 is 0 Å². The molecule has 2 heterocycles. The Balaban J connectivity index is 1.37. The van der Waals surface area contributed by atoms with Crippen LogP contribution in [0.25, 0.3) is 11.0 Å². The molecule has 0 saturated carbocycles. The number of nitrogens with zero attached hydrogens (tertiary/aromatic N) is 4. The van der Waals surface area contributed by atoms with Gasteiger partial charge in [0.25, 0.3) is 11.8 Å². The van der Waals surface area contributed by atoms with Gasteiger partial charge in [0, 0.05) is 36.8 Å². The number of carbonyl (C=O) groups excluding carboxylic acids is 2. The Kier molecular flexibility index (Phi) is 5.06. The number of aromatic nitrogens is 3. The maximum Gasteiger partial charge on any atom is 0.253 e. The first kappa shape index (κ1) is 18.2. The monoisotopic (exact) mass is 377 g/mol.